The van der Waals surface area contributed by atoms with E-state index < -0.39 is 0 Å². The standard InChI is InChI=1S/2HI.Na.Sc.H/h2*1H;;;. The molecule has 1 radical (unpaired) electrons. The van der Waals surface area contributed by atoms with Crippen LogP contribution in [0.15, 0.2) is 0 Å². The second kappa shape index (κ2) is 16.2. The maximum atomic E-state index is 0. The van der Waals surface area contributed by atoms with Gasteiger partial charge in [-0.3, -0.25) is 0 Å². The van der Waals surface area contributed by atoms with Crippen LogP contribution in [0.3, 0.4) is 0 Å². The molecule has 0 saturated carbocycles. The molecule has 0 atom stereocenters. The van der Waals surface area contributed by atoms with Gasteiger partial charge in [0.1, 0.15) is 0 Å². The van der Waals surface area contributed by atoms with Crippen LogP contribution in [0.25, 0.3) is 0 Å². The van der Waals surface area contributed by atoms with Gasteiger partial charge in [-0.25, -0.2) is 0 Å². The summed E-state index contributed by atoms with van der Waals surface area (Å²) in [6.45, 7) is 0. The average Bonchev–Trinajstić information content (AvgIpc) is 0. The molecule has 0 aromatic rings. The summed E-state index contributed by atoms with van der Waals surface area (Å²) in [7, 11) is 0. The van der Waals surface area contributed by atoms with Crippen molar-refractivity contribution in [2.45, 2.75) is 0 Å². The molecule has 0 saturated heterocycles. The minimum absolute atomic E-state index is 0. The molecule has 0 aliphatic carbocycles. The van der Waals surface area contributed by atoms with Crippen molar-refractivity contribution in [3.8, 4) is 0 Å². The van der Waals surface area contributed by atoms with Crippen LogP contribution in [0.2, 0.25) is 0 Å². The summed E-state index contributed by atoms with van der Waals surface area (Å²) in [5, 5.41) is 0. The first-order valence-electron chi connectivity index (χ1n) is 0. The summed E-state index contributed by atoms with van der Waals surface area (Å²) in [4.78, 5) is 0. The van der Waals surface area contributed by atoms with E-state index in [1.165, 1.54) is 0 Å². The third-order valence-electron chi connectivity index (χ3n) is 0. The molecule has 0 aromatic carbocycles. The topological polar surface area (TPSA) is 0 Å². The molecule has 21 valence electrons. The Balaban J connectivity index is 0. The molecular formula is H3I2NaSc. The summed E-state index contributed by atoms with van der Waals surface area (Å²) >= 11 is 0. The third kappa shape index (κ3) is 9.01. The van der Waals surface area contributed by atoms with Crippen LogP contribution in [-0.4, -0.2) is 29.6 Å². The molecular weight excluding hydrogens is 322 g/mol. The molecule has 0 amide bonds. The van der Waals surface area contributed by atoms with Crippen LogP contribution in [0, 0.1) is 0 Å². The Bertz CT molecular complexity index is 6.00. The van der Waals surface area contributed by atoms with Gasteiger partial charge in [0.15, 0.2) is 0 Å². The van der Waals surface area contributed by atoms with Crippen molar-refractivity contribution < 1.29 is 25.8 Å². The van der Waals surface area contributed by atoms with Crippen molar-refractivity contribution in [1.29, 1.82) is 0 Å². The van der Waals surface area contributed by atoms with Crippen LogP contribution in [-0.2, 0) is 25.8 Å². The summed E-state index contributed by atoms with van der Waals surface area (Å²) in [6.07, 6.45) is 0. The first-order valence-corrected chi connectivity index (χ1v) is 0. The second-order valence-electron chi connectivity index (χ2n) is 0. The van der Waals surface area contributed by atoms with E-state index in [1.807, 2.05) is 0 Å². The molecule has 0 bridgehead atoms. The fraction of sp³-hybridized carbons (Fsp3) is 0. The molecule has 0 nitrogen and oxygen atoms in total. The molecule has 0 unspecified atom stereocenters. The van der Waals surface area contributed by atoms with E-state index >= 15 is 0 Å². The van der Waals surface area contributed by atoms with Crippen molar-refractivity contribution in [2.75, 3.05) is 0 Å². The Kier molecular flexibility index (Phi) is 107. The molecule has 0 aliphatic heterocycles. The average molecular weight is 325 g/mol. The largest absolute Gasteiger partial charge is 0 e. The molecule has 0 spiro atoms. The van der Waals surface area contributed by atoms with Crippen molar-refractivity contribution in [2.24, 2.45) is 0 Å². The number of halogens is 2. The van der Waals surface area contributed by atoms with Crippen LogP contribution >= 0.6 is 48.0 Å². The molecule has 0 N–H and O–H groups in total. The van der Waals surface area contributed by atoms with Gasteiger partial charge in [0.25, 0.3) is 0 Å². The number of hydrogen-bond donors (Lipinski definition) is 0. The Morgan fingerprint density at radius 2 is 0.750 bits per heavy atom. The van der Waals surface area contributed by atoms with Crippen LogP contribution in [0.4, 0.5) is 0 Å². The van der Waals surface area contributed by atoms with Crippen LogP contribution in [0.5, 0.6) is 0 Å². The van der Waals surface area contributed by atoms with Gasteiger partial charge in [-0.2, -0.15) is 0 Å². The van der Waals surface area contributed by atoms with Crippen molar-refractivity contribution in [3.05, 3.63) is 0 Å². The summed E-state index contributed by atoms with van der Waals surface area (Å²) in [6, 6.07) is 0. The zero-order chi connectivity index (χ0) is 0. The van der Waals surface area contributed by atoms with E-state index in [0.29, 0.717) is 0 Å². The van der Waals surface area contributed by atoms with Crippen LogP contribution < -0.4 is 0 Å². The summed E-state index contributed by atoms with van der Waals surface area (Å²) in [5.41, 5.74) is 0. The molecule has 4 heavy (non-hydrogen) atoms. The second-order valence-corrected chi connectivity index (χ2v) is 0. The van der Waals surface area contributed by atoms with Crippen molar-refractivity contribution in [1.82, 2.24) is 0 Å². The Hall–Kier alpha value is 3.33. The van der Waals surface area contributed by atoms with E-state index in [4.69, 9.17) is 0 Å². The third-order valence-corrected chi connectivity index (χ3v) is 0. The Labute approximate surface area is 101 Å². The summed E-state index contributed by atoms with van der Waals surface area (Å²) in [5.74, 6) is 0. The molecule has 4 heteroatoms. The van der Waals surface area contributed by atoms with Gasteiger partial charge in [-0.1, -0.05) is 0 Å². The predicted octanol–water partition coefficient (Wildman–Crippen LogP) is 0.585. The first kappa shape index (κ1) is 26.5. The molecule has 0 aromatic heterocycles. The zero-order valence-electron chi connectivity index (χ0n) is 1.39. The Morgan fingerprint density at radius 1 is 0.750 bits per heavy atom. The predicted molar refractivity (Wildman–Crippen MR) is 38.0 cm³/mol. The minimum atomic E-state index is 0. The number of hydrogen-bond acceptors (Lipinski definition) is 0. The monoisotopic (exact) mass is 325 g/mol. The van der Waals surface area contributed by atoms with E-state index in [-0.39, 0.29) is 103 Å². The maximum absolute atomic E-state index is 0. The fourth-order valence-electron chi connectivity index (χ4n) is 0. The molecule has 0 aliphatic rings. The molecule has 0 rings (SSSR count). The van der Waals surface area contributed by atoms with E-state index in [1.54, 1.807) is 0 Å². The maximum Gasteiger partial charge on any atom is 0 e. The van der Waals surface area contributed by atoms with Gasteiger partial charge < -0.3 is 0 Å². The Morgan fingerprint density at radius 3 is 0.750 bits per heavy atom. The van der Waals surface area contributed by atoms with Crippen molar-refractivity contribution in [3.63, 3.8) is 0 Å². The van der Waals surface area contributed by atoms with E-state index in [9.17, 15) is 0 Å². The van der Waals surface area contributed by atoms with Crippen molar-refractivity contribution >= 4 is 77.5 Å². The minimum Gasteiger partial charge on any atom is 0 e. The first-order chi connectivity index (χ1) is 0. The molecule has 0 heterocycles. The van der Waals surface area contributed by atoms with Gasteiger partial charge in [0, 0.05) is 25.8 Å². The van der Waals surface area contributed by atoms with Gasteiger partial charge in [0.05, 0.1) is 0 Å². The normalized spacial score (nSPS) is 0. The van der Waals surface area contributed by atoms with Gasteiger partial charge in [-0.05, 0) is 0 Å². The van der Waals surface area contributed by atoms with Crippen LogP contribution in [0.1, 0.15) is 0 Å². The fourth-order valence-corrected chi connectivity index (χ4v) is 0. The van der Waals surface area contributed by atoms with Gasteiger partial charge in [0.2, 0.25) is 0 Å². The molecule has 0 fully saturated rings. The summed E-state index contributed by atoms with van der Waals surface area (Å²) < 4.78 is 0. The zero-order valence-corrected chi connectivity index (χ0v) is 7.86. The van der Waals surface area contributed by atoms with Gasteiger partial charge in [-0.15, -0.1) is 48.0 Å². The smallest absolute Gasteiger partial charge is 0 e. The van der Waals surface area contributed by atoms with Gasteiger partial charge >= 0.3 is 29.6 Å². The quantitative estimate of drug-likeness (QED) is 0.452. The van der Waals surface area contributed by atoms with E-state index in [2.05, 4.69) is 0 Å². The SMILES string of the molecule is I.I.[NaH].[Sc]. The van der Waals surface area contributed by atoms with E-state index in [0.717, 1.165) is 0 Å². The number of rotatable bonds is 0.